The number of aryl methyl sites for hydroxylation is 1. The van der Waals surface area contributed by atoms with E-state index in [1.54, 1.807) is 0 Å². The molecule has 21 heavy (non-hydrogen) atoms. The Morgan fingerprint density at radius 1 is 1.05 bits per heavy atom. The Labute approximate surface area is 122 Å². The van der Waals surface area contributed by atoms with Crippen molar-refractivity contribution in [2.24, 2.45) is 0 Å². The first kappa shape index (κ1) is 14.7. The SMILES string of the molecule is CCc1ccccc1CNC(=O)c1cccc(C(=O)O)n1. The maximum Gasteiger partial charge on any atom is 0.354 e. The molecular weight excluding hydrogens is 268 g/mol. The highest BCUT2D eigenvalue weighted by atomic mass is 16.4. The first-order valence-electron chi connectivity index (χ1n) is 6.67. The Bertz CT molecular complexity index is 668. The van der Waals surface area contributed by atoms with Crippen molar-refractivity contribution in [1.82, 2.24) is 10.3 Å². The number of hydrogen-bond donors (Lipinski definition) is 2. The summed E-state index contributed by atoms with van der Waals surface area (Å²) < 4.78 is 0. The van der Waals surface area contributed by atoms with Crippen molar-refractivity contribution in [2.45, 2.75) is 19.9 Å². The van der Waals surface area contributed by atoms with E-state index >= 15 is 0 Å². The Hall–Kier alpha value is -2.69. The highest BCUT2D eigenvalue weighted by Gasteiger charge is 2.11. The highest BCUT2D eigenvalue weighted by Crippen LogP contribution is 2.09. The Balaban J connectivity index is 2.08. The molecule has 0 aliphatic rings. The first-order valence-corrected chi connectivity index (χ1v) is 6.67. The van der Waals surface area contributed by atoms with Crippen LogP contribution in [0.2, 0.25) is 0 Å². The van der Waals surface area contributed by atoms with E-state index in [1.807, 2.05) is 24.3 Å². The molecule has 0 radical (unpaired) electrons. The van der Waals surface area contributed by atoms with Gasteiger partial charge in [0.1, 0.15) is 11.4 Å². The average molecular weight is 284 g/mol. The normalized spacial score (nSPS) is 10.1. The number of aromatic nitrogens is 1. The molecule has 1 amide bonds. The van der Waals surface area contributed by atoms with E-state index in [0.717, 1.165) is 12.0 Å². The standard InChI is InChI=1S/C16H16N2O3/c1-2-11-6-3-4-7-12(11)10-17-15(19)13-8-5-9-14(18-13)16(20)21/h3-9H,2,10H2,1H3,(H,17,19)(H,20,21). The highest BCUT2D eigenvalue weighted by molar-refractivity contribution is 5.94. The molecule has 0 saturated heterocycles. The molecule has 0 unspecified atom stereocenters. The lowest BCUT2D eigenvalue weighted by molar-refractivity contribution is 0.0690. The zero-order chi connectivity index (χ0) is 15.2. The van der Waals surface area contributed by atoms with Crippen LogP contribution in [0.1, 0.15) is 39.0 Å². The van der Waals surface area contributed by atoms with Crippen LogP contribution in [0.25, 0.3) is 0 Å². The van der Waals surface area contributed by atoms with Crippen LogP contribution in [0.4, 0.5) is 0 Å². The van der Waals surface area contributed by atoms with Gasteiger partial charge in [0.15, 0.2) is 0 Å². The summed E-state index contributed by atoms with van der Waals surface area (Å²) in [6.45, 7) is 2.44. The monoisotopic (exact) mass is 284 g/mol. The number of nitrogens with zero attached hydrogens (tertiary/aromatic N) is 1. The fourth-order valence-corrected chi connectivity index (χ4v) is 2.02. The van der Waals surface area contributed by atoms with Gasteiger partial charge in [-0.2, -0.15) is 0 Å². The first-order chi connectivity index (χ1) is 10.1. The van der Waals surface area contributed by atoms with Crippen molar-refractivity contribution in [1.29, 1.82) is 0 Å². The topological polar surface area (TPSA) is 79.3 Å². The van der Waals surface area contributed by atoms with E-state index in [0.29, 0.717) is 6.54 Å². The Kier molecular flexibility index (Phi) is 4.66. The Morgan fingerprint density at radius 2 is 1.71 bits per heavy atom. The number of carboxylic acids is 1. The number of carbonyl (C=O) groups excluding carboxylic acids is 1. The molecule has 0 fully saturated rings. The quantitative estimate of drug-likeness (QED) is 0.882. The van der Waals surface area contributed by atoms with E-state index in [4.69, 9.17) is 5.11 Å². The van der Waals surface area contributed by atoms with Gasteiger partial charge in [-0.15, -0.1) is 0 Å². The maximum atomic E-state index is 12.0. The summed E-state index contributed by atoms with van der Waals surface area (Å²) in [4.78, 5) is 26.7. The number of hydrogen-bond acceptors (Lipinski definition) is 3. The molecule has 1 heterocycles. The number of carbonyl (C=O) groups is 2. The summed E-state index contributed by atoms with van der Waals surface area (Å²) in [5.74, 6) is -1.54. The second-order valence-electron chi connectivity index (χ2n) is 4.52. The Morgan fingerprint density at radius 3 is 2.38 bits per heavy atom. The maximum absolute atomic E-state index is 12.0. The summed E-state index contributed by atoms with van der Waals surface area (Å²) in [5.41, 5.74) is 2.17. The van der Waals surface area contributed by atoms with Gasteiger partial charge in [0, 0.05) is 6.54 Å². The fourth-order valence-electron chi connectivity index (χ4n) is 2.02. The molecule has 2 rings (SSSR count). The van der Waals surface area contributed by atoms with E-state index < -0.39 is 5.97 Å². The van der Waals surface area contributed by atoms with Crippen molar-refractivity contribution in [3.8, 4) is 0 Å². The molecule has 2 N–H and O–H groups in total. The molecule has 5 nitrogen and oxygen atoms in total. The lowest BCUT2D eigenvalue weighted by Gasteiger charge is -2.09. The van der Waals surface area contributed by atoms with Crippen LogP contribution in [0.3, 0.4) is 0 Å². The van der Waals surface area contributed by atoms with Crippen LogP contribution in [0.5, 0.6) is 0 Å². The zero-order valence-corrected chi connectivity index (χ0v) is 11.7. The number of rotatable bonds is 5. The summed E-state index contributed by atoms with van der Waals surface area (Å²) in [6.07, 6.45) is 0.888. The smallest absolute Gasteiger partial charge is 0.354 e. The van der Waals surface area contributed by atoms with Crippen LogP contribution in [-0.2, 0) is 13.0 Å². The van der Waals surface area contributed by atoms with Crippen molar-refractivity contribution in [3.05, 3.63) is 65.0 Å². The summed E-state index contributed by atoms with van der Waals surface area (Å²) >= 11 is 0. The molecule has 0 saturated carbocycles. The van der Waals surface area contributed by atoms with Gasteiger partial charge in [-0.25, -0.2) is 9.78 Å². The van der Waals surface area contributed by atoms with Gasteiger partial charge >= 0.3 is 5.97 Å². The molecule has 0 bridgehead atoms. The van der Waals surface area contributed by atoms with Gasteiger partial charge in [0.2, 0.25) is 0 Å². The number of nitrogens with one attached hydrogen (secondary N) is 1. The van der Waals surface area contributed by atoms with Crippen LogP contribution < -0.4 is 5.32 Å². The van der Waals surface area contributed by atoms with Crippen LogP contribution in [0, 0.1) is 0 Å². The van der Waals surface area contributed by atoms with Gasteiger partial charge in [-0.05, 0) is 29.7 Å². The molecule has 1 aromatic heterocycles. The van der Waals surface area contributed by atoms with E-state index in [2.05, 4.69) is 17.2 Å². The summed E-state index contributed by atoms with van der Waals surface area (Å²) in [5, 5.41) is 11.6. The van der Waals surface area contributed by atoms with Crippen molar-refractivity contribution >= 4 is 11.9 Å². The zero-order valence-electron chi connectivity index (χ0n) is 11.7. The third-order valence-corrected chi connectivity index (χ3v) is 3.14. The van der Waals surface area contributed by atoms with Crippen molar-refractivity contribution < 1.29 is 14.7 Å². The van der Waals surface area contributed by atoms with Gasteiger partial charge < -0.3 is 10.4 Å². The number of amides is 1. The fraction of sp³-hybridized carbons (Fsp3) is 0.188. The number of pyridine rings is 1. The van der Waals surface area contributed by atoms with E-state index in [1.165, 1.54) is 23.8 Å². The third-order valence-electron chi connectivity index (χ3n) is 3.14. The largest absolute Gasteiger partial charge is 0.477 e. The minimum absolute atomic E-state index is 0.101. The number of benzene rings is 1. The molecule has 0 spiro atoms. The lowest BCUT2D eigenvalue weighted by Crippen LogP contribution is -2.25. The van der Waals surface area contributed by atoms with E-state index in [-0.39, 0.29) is 17.3 Å². The molecule has 0 aliphatic carbocycles. The minimum atomic E-state index is -1.15. The van der Waals surface area contributed by atoms with Crippen molar-refractivity contribution in [2.75, 3.05) is 0 Å². The van der Waals surface area contributed by atoms with Crippen molar-refractivity contribution in [3.63, 3.8) is 0 Å². The summed E-state index contributed by atoms with van der Waals surface area (Å²) in [7, 11) is 0. The summed E-state index contributed by atoms with van der Waals surface area (Å²) in [6, 6.07) is 12.2. The molecule has 108 valence electrons. The van der Waals surface area contributed by atoms with Crippen LogP contribution in [-0.4, -0.2) is 22.0 Å². The van der Waals surface area contributed by atoms with Gasteiger partial charge in [-0.1, -0.05) is 37.3 Å². The van der Waals surface area contributed by atoms with Gasteiger partial charge in [0.05, 0.1) is 0 Å². The molecule has 2 aromatic rings. The van der Waals surface area contributed by atoms with E-state index in [9.17, 15) is 9.59 Å². The minimum Gasteiger partial charge on any atom is -0.477 e. The van der Waals surface area contributed by atoms with Crippen LogP contribution >= 0.6 is 0 Å². The molecule has 5 heteroatoms. The molecule has 1 aromatic carbocycles. The van der Waals surface area contributed by atoms with Gasteiger partial charge in [-0.3, -0.25) is 4.79 Å². The second-order valence-corrected chi connectivity index (χ2v) is 4.52. The molecule has 0 aliphatic heterocycles. The third kappa shape index (κ3) is 3.66. The molecular formula is C16H16N2O3. The lowest BCUT2D eigenvalue weighted by atomic mass is 10.1. The second kappa shape index (κ2) is 6.65. The number of aromatic carboxylic acids is 1. The number of carboxylic acid groups (broad SMARTS) is 1. The average Bonchev–Trinajstić information content (AvgIpc) is 2.52. The predicted octanol–water partition coefficient (Wildman–Crippen LogP) is 2.27. The van der Waals surface area contributed by atoms with Gasteiger partial charge in [0.25, 0.3) is 5.91 Å². The van der Waals surface area contributed by atoms with Crippen LogP contribution in [0.15, 0.2) is 42.5 Å². The molecule has 0 atom stereocenters. The predicted molar refractivity (Wildman–Crippen MR) is 78.2 cm³/mol.